The third-order valence-electron chi connectivity index (χ3n) is 3.43. The Morgan fingerprint density at radius 1 is 1.33 bits per heavy atom. The second kappa shape index (κ2) is 5.05. The Balaban J connectivity index is 1.76. The molecule has 21 heavy (non-hydrogen) atoms. The van der Waals surface area contributed by atoms with Crippen LogP contribution in [0.5, 0.6) is 0 Å². The van der Waals surface area contributed by atoms with Gasteiger partial charge in [0, 0.05) is 13.1 Å². The zero-order chi connectivity index (χ0) is 15.0. The van der Waals surface area contributed by atoms with Gasteiger partial charge in [0.2, 0.25) is 5.91 Å². The van der Waals surface area contributed by atoms with Crippen LogP contribution in [0.2, 0.25) is 0 Å². The number of imidazole rings is 1. The highest BCUT2D eigenvalue weighted by atomic mass is 16.5. The molecule has 2 aromatic heterocycles. The fraction of sp³-hybridized carbons (Fsp3) is 0.267. The molecule has 0 unspecified atom stereocenters. The Morgan fingerprint density at radius 2 is 2.14 bits per heavy atom. The van der Waals surface area contributed by atoms with Crippen molar-refractivity contribution in [2.45, 2.75) is 20.3 Å². The molecular formula is C15H16N4O2. The number of nitrogens with zero attached hydrogens (tertiary/aromatic N) is 3. The van der Waals surface area contributed by atoms with E-state index < -0.39 is 0 Å². The number of hydrogen-bond donors (Lipinski definition) is 1. The van der Waals surface area contributed by atoms with Crippen LogP contribution in [-0.2, 0) is 18.3 Å². The molecule has 0 atom stereocenters. The number of anilines is 1. The molecule has 3 rings (SSSR count). The van der Waals surface area contributed by atoms with Gasteiger partial charge in [-0.15, -0.1) is 0 Å². The summed E-state index contributed by atoms with van der Waals surface area (Å²) < 4.78 is 6.94. The van der Waals surface area contributed by atoms with E-state index in [1.54, 1.807) is 13.0 Å². The van der Waals surface area contributed by atoms with E-state index in [1.165, 1.54) is 0 Å². The van der Waals surface area contributed by atoms with Crippen molar-refractivity contribution < 1.29 is 9.32 Å². The van der Waals surface area contributed by atoms with Crippen LogP contribution in [0, 0.1) is 13.8 Å². The largest absolute Gasteiger partial charge is 0.360 e. The van der Waals surface area contributed by atoms with Crippen LogP contribution >= 0.6 is 0 Å². The summed E-state index contributed by atoms with van der Waals surface area (Å²) in [5.41, 5.74) is 2.87. The van der Waals surface area contributed by atoms with Crippen molar-refractivity contribution in [2.75, 3.05) is 5.32 Å². The molecule has 0 bridgehead atoms. The van der Waals surface area contributed by atoms with Gasteiger partial charge in [-0.05, 0) is 31.5 Å². The van der Waals surface area contributed by atoms with E-state index >= 15 is 0 Å². The molecule has 108 valence electrons. The number of aryl methyl sites for hydroxylation is 3. The van der Waals surface area contributed by atoms with E-state index in [0.29, 0.717) is 11.6 Å². The topological polar surface area (TPSA) is 73.0 Å². The van der Waals surface area contributed by atoms with Crippen LogP contribution in [0.25, 0.3) is 11.0 Å². The fourth-order valence-electron chi connectivity index (χ4n) is 2.27. The number of carbonyl (C=O) groups excluding carboxylic acids is 1. The van der Waals surface area contributed by atoms with E-state index in [1.807, 2.05) is 36.7 Å². The first-order valence-electron chi connectivity index (χ1n) is 6.68. The zero-order valence-electron chi connectivity index (χ0n) is 12.2. The maximum atomic E-state index is 12.0. The standard InChI is InChI=1S/C15H16N4O2/c1-9-6-14(18-21-9)17-15(20)8-11-4-5-13-12(7-11)16-10(2)19(13)3/h4-7H,8H2,1-3H3,(H,17,18,20). The van der Waals surface area contributed by atoms with E-state index in [-0.39, 0.29) is 12.3 Å². The average Bonchev–Trinajstić information content (AvgIpc) is 2.94. The smallest absolute Gasteiger partial charge is 0.230 e. The number of carbonyl (C=O) groups is 1. The lowest BCUT2D eigenvalue weighted by Crippen LogP contribution is -2.14. The molecule has 1 aromatic carbocycles. The molecule has 0 aliphatic heterocycles. The van der Waals surface area contributed by atoms with E-state index in [0.717, 1.165) is 22.4 Å². The molecule has 3 aromatic rings. The van der Waals surface area contributed by atoms with Gasteiger partial charge in [0.05, 0.1) is 17.5 Å². The molecule has 0 saturated carbocycles. The number of benzene rings is 1. The Bertz CT molecular complexity index is 816. The first kappa shape index (κ1) is 13.4. The summed E-state index contributed by atoms with van der Waals surface area (Å²) in [4.78, 5) is 16.5. The summed E-state index contributed by atoms with van der Waals surface area (Å²) in [6.07, 6.45) is 0.275. The number of rotatable bonds is 3. The minimum atomic E-state index is -0.129. The lowest BCUT2D eigenvalue weighted by atomic mass is 10.1. The predicted octanol–water partition coefficient (Wildman–Crippen LogP) is 2.36. The molecular weight excluding hydrogens is 268 g/mol. The third-order valence-corrected chi connectivity index (χ3v) is 3.43. The maximum Gasteiger partial charge on any atom is 0.230 e. The fourth-order valence-corrected chi connectivity index (χ4v) is 2.27. The number of hydrogen-bond acceptors (Lipinski definition) is 4. The third kappa shape index (κ3) is 2.65. The molecule has 0 fully saturated rings. The van der Waals surface area contributed by atoms with Crippen LogP contribution in [0.15, 0.2) is 28.8 Å². The normalized spacial score (nSPS) is 11.0. The SMILES string of the molecule is Cc1cc(NC(=O)Cc2ccc3c(c2)nc(C)n3C)no1. The molecule has 0 aliphatic carbocycles. The summed E-state index contributed by atoms with van der Waals surface area (Å²) in [6, 6.07) is 7.55. The number of nitrogens with one attached hydrogen (secondary N) is 1. The van der Waals surface area contributed by atoms with Gasteiger partial charge < -0.3 is 14.4 Å². The lowest BCUT2D eigenvalue weighted by Gasteiger charge is -2.02. The second-order valence-corrected chi connectivity index (χ2v) is 5.09. The maximum absolute atomic E-state index is 12.0. The minimum absolute atomic E-state index is 0.129. The van der Waals surface area contributed by atoms with Crippen molar-refractivity contribution in [2.24, 2.45) is 7.05 Å². The summed E-state index contributed by atoms with van der Waals surface area (Å²) >= 11 is 0. The Hall–Kier alpha value is -2.63. The molecule has 6 nitrogen and oxygen atoms in total. The second-order valence-electron chi connectivity index (χ2n) is 5.09. The van der Waals surface area contributed by atoms with Gasteiger partial charge in [-0.1, -0.05) is 11.2 Å². The highest BCUT2D eigenvalue weighted by molar-refractivity contribution is 5.92. The summed E-state index contributed by atoms with van der Waals surface area (Å²) in [5.74, 6) is 1.92. The average molecular weight is 284 g/mol. The van der Waals surface area contributed by atoms with Crippen molar-refractivity contribution in [1.82, 2.24) is 14.7 Å². The van der Waals surface area contributed by atoms with Crippen LogP contribution < -0.4 is 5.32 Å². The summed E-state index contributed by atoms with van der Waals surface area (Å²) in [5, 5.41) is 6.45. The Morgan fingerprint density at radius 3 is 2.86 bits per heavy atom. The van der Waals surface area contributed by atoms with Gasteiger partial charge in [-0.3, -0.25) is 4.79 Å². The van der Waals surface area contributed by atoms with Crippen molar-refractivity contribution in [3.05, 3.63) is 41.4 Å². The quantitative estimate of drug-likeness (QED) is 0.801. The zero-order valence-corrected chi connectivity index (χ0v) is 12.2. The van der Waals surface area contributed by atoms with Crippen LogP contribution in [0.1, 0.15) is 17.1 Å². The van der Waals surface area contributed by atoms with Crippen LogP contribution in [0.3, 0.4) is 0 Å². The minimum Gasteiger partial charge on any atom is -0.360 e. The first-order valence-corrected chi connectivity index (χ1v) is 6.68. The highest BCUT2D eigenvalue weighted by Gasteiger charge is 2.09. The van der Waals surface area contributed by atoms with Gasteiger partial charge in [0.15, 0.2) is 5.82 Å². The summed E-state index contributed by atoms with van der Waals surface area (Å²) in [6.45, 7) is 3.74. The van der Waals surface area contributed by atoms with Crippen molar-refractivity contribution >= 4 is 22.8 Å². The molecule has 0 radical (unpaired) electrons. The van der Waals surface area contributed by atoms with Crippen molar-refractivity contribution in [3.63, 3.8) is 0 Å². The van der Waals surface area contributed by atoms with E-state index in [4.69, 9.17) is 4.52 Å². The molecule has 1 N–H and O–H groups in total. The van der Waals surface area contributed by atoms with E-state index in [2.05, 4.69) is 15.5 Å². The Labute approximate surface area is 121 Å². The predicted molar refractivity (Wildman–Crippen MR) is 79.0 cm³/mol. The van der Waals surface area contributed by atoms with Crippen molar-refractivity contribution in [1.29, 1.82) is 0 Å². The highest BCUT2D eigenvalue weighted by Crippen LogP contribution is 2.17. The van der Waals surface area contributed by atoms with Gasteiger partial charge >= 0.3 is 0 Å². The number of fused-ring (bicyclic) bond motifs is 1. The molecule has 1 amide bonds. The summed E-state index contributed by atoms with van der Waals surface area (Å²) in [7, 11) is 1.98. The van der Waals surface area contributed by atoms with Gasteiger partial charge in [-0.25, -0.2) is 4.98 Å². The van der Waals surface area contributed by atoms with Gasteiger partial charge in [0.25, 0.3) is 0 Å². The number of aromatic nitrogens is 3. The van der Waals surface area contributed by atoms with Crippen molar-refractivity contribution in [3.8, 4) is 0 Å². The van der Waals surface area contributed by atoms with Crippen LogP contribution in [-0.4, -0.2) is 20.6 Å². The van der Waals surface area contributed by atoms with Gasteiger partial charge in [-0.2, -0.15) is 0 Å². The first-order chi connectivity index (χ1) is 10.0. The molecule has 0 spiro atoms. The monoisotopic (exact) mass is 284 g/mol. The molecule has 0 aliphatic rings. The van der Waals surface area contributed by atoms with Gasteiger partial charge in [0.1, 0.15) is 11.6 Å². The molecule has 6 heteroatoms. The Kier molecular flexibility index (Phi) is 3.21. The molecule has 0 saturated heterocycles. The molecule has 2 heterocycles. The van der Waals surface area contributed by atoms with Crippen LogP contribution in [0.4, 0.5) is 5.82 Å². The number of amides is 1. The lowest BCUT2D eigenvalue weighted by molar-refractivity contribution is -0.115. The van der Waals surface area contributed by atoms with E-state index in [9.17, 15) is 4.79 Å².